The number of anilines is 2. The van der Waals surface area contributed by atoms with E-state index in [0.29, 0.717) is 22.3 Å². The summed E-state index contributed by atoms with van der Waals surface area (Å²) in [7, 11) is 0. The molecule has 1 aromatic heterocycles. The van der Waals surface area contributed by atoms with Crippen molar-refractivity contribution < 1.29 is 4.79 Å². The number of rotatable bonds is 1. The van der Waals surface area contributed by atoms with Crippen LogP contribution >= 0.6 is 22.9 Å². The number of thiazole rings is 1. The molecule has 2 heterocycles. The zero-order valence-corrected chi connectivity index (χ0v) is 10.2. The van der Waals surface area contributed by atoms with Crippen molar-refractivity contribution in [3.63, 3.8) is 0 Å². The van der Waals surface area contributed by atoms with E-state index >= 15 is 0 Å². The van der Waals surface area contributed by atoms with Gasteiger partial charge in [0.1, 0.15) is 0 Å². The number of benzene rings is 1. The second-order valence-corrected chi connectivity index (χ2v) is 5.09. The van der Waals surface area contributed by atoms with Crippen LogP contribution < -0.4 is 11.1 Å². The van der Waals surface area contributed by atoms with E-state index in [1.165, 1.54) is 11.3 Å². The Kier molecular flexibility index (Phi) is 2.31. The van der Waals surface area contributed by atoms with Gasteiger partial charge in [0.15, 0.2) is 5.13 Å². The molecule has 0 spiro atoms. The SMILES string of the molecule is Nc1nc(-c2cc(Cl)c3c(c2)CC(=O)N3)cs1. The summed E-state index contributed by atoms with van der Waals surface area (Å²) in [6.07, 6.45) is 0.364. The predicted octanol–water partition coefficient (Wildman–Crippen LogP) is 2.54. The zero-order chi connectivity index (χ0) is 12.0. The summed E-state index contributed by atoms with van der Waals surface area (Å²) in [6, 6.07) is 3.72. The number of nitrogens with one attached hydrogen (secondary N) is 1. The highest BCUT2D eigenvalue weighted by Gasteiger charge is 2.21. The fraction of sp³-hybridized carbons (Fsp3) is 0.0909. The van der Waals surface area contributed by atoms with Crippen LogP contribution in [-0.4, -0.2) is 10.9 Å². The van der Waals surface area contributed by atoms with E-state index in [4.69, 9.17) is 17.3 Å². The van der Waals surface area contributed by atoms with Gasteiger partial charge in [0.2, 0.25) is 5.91 Å². The Morgan fingerprint density at radius 2 is 2.29 bits per heavy atom. The number of amides is 1. The Hall–Kier alpha value is -1.59. The molecule has 2 aromatic rings. The number of hydrogen-bond acceptors (Lipinski definition) is 4. The fourth-order valence-corrected chi connectivity index (χ4v) is 2.73. The first-order valence-corrected chi connectivity index (χ1v) is 6.23. The van der Waals surface area contributed by atoms with E-state index in [9.17, 15) is 4.79 Å². The minimum Gasteiger partial charge on any atom is -0.375 e. The van der Waals surface area contributed by atoms with Crippen molar-refractivity contribution in [1.29, 1.82) is 0 Å². The quantitative estimate of drug-likeness (QED) is 0.833. The van der Waals surface area contributed by atoms with E-state index in [0.717, 1.165) is 16.8 Å². The highest BCUT2D eigenvalue weighted by molar-refractivity contribution is 7.13. The summed E-state index contributed by atoms with van der Waals surface area (Å²) in [5.74, 6) is -0.0307. The Labute approximate surface area is 106 Å². The van der Waals surface area contributed by atoms with Gasteiger partial charge in [-0.25, -0.2) is 4.98 Å². The van der Waals surface area contributed by atoms with Gasteiger partial charge in [-0.3, -0.25) is 4.79 Å². The summed E-state index contributed by atoms with van der Waals surface area (Å²) in [5, 5.41) is 5.67. The monoisotopic (exact) mass is 265 g/mol. The smallest absolute Gasteiger partial charge is 0.228 e. The molecular formula is C11H8ClN3OS. The van der Waals surface area contributed by atoms with Gasteiger partial charge in [-0.2, -0.15) is 0 Å². The Morgan fingerprint density at radius 1 is 1.47 bits per heavy atom. The van der Waals surface area contributed by atoms with E-state index in [-0.39, 0.29) is 5.91 Å². The largest absolute Gasteiger partial charge is 0.375 e. The molecule has 6 heteroatoms. The molecule has 17 heavy (non-hydrogen) atoms. The third-order valence-corrected chi connectivity index (χ3v) is 3.58. The molecule has 3 rings (SSSR count). The van der Waals surface area contributed by atoms with Gasteiger partial charge in [-0.15, -0.1) is 11.3 Å². The van der Waals surface area contributed by atoms with Crippen LogP contribution in [0, 0.1) is 0 Å². The normalized spacial score (nSPS) is 13.6. The molecule has 1 amide bonds. The number of aromatic nitrogens is 1. The number of nitrogens with zero attached hydrogens (tertiary/aromatic N) is 1. The fourth-order valence-electron chi connectivity index (χ4n) is 1.87. The average Bonchev–Trinajstić information content (AvgIpc) is 2.83. The first kappa shape index (κ1) is 10.6. The van der Waals surface area contributed by atoms with Crippen LogP contribution in [0.1, 0.15) is 5.56 Å². The van der Waals surface area contributed by atoms with Gasteiger partial charge >= 0.3 is 0 Å². The van der Waals surface area contributed by atoms with Crippen LogP contribution in [0.25, 0.3) is 11.3 Å². The van der Waals surface area contributed by atoms with Crippen molar-refractivity contribution in [3.8, 4) is 11.3 Å². The molecule has 1 aromatic carbocycles. The van der Waals surface area contributed by atoms with Crippen molar-refractivity contribution in [2.24, 2.45) is 0 Å². The molecular weight excluding hydrogens is 258 g/mol. The van der Waals surface area contributed by atoms with Crippen LogP contribution in [0.5, 0.6) is 0 Å². The Balaban J connectivity index is 2.12. The third kappa shape index (κ3) is 1.77. The standard InChI is InChI=1S/C11H8ClN3OS/c12-7-2-5(8-4-17-11(13)14-8)1-6-3-9(16)15-10(6)7/h1-2,4H,3H2,(H2,13,14)(H,15,16). The molecule has 0 saturated carbocycles. The van der Waals surface area contributed by atoms with Crippen molar-refractivity contribution in [3.05, 3.63) is 28.1 Å². The van der Waals surface area contributed by atoms with Gasteiger partial charge in [0, 0.05) is 10.9 Å². The lowest BCUT2D eigenvalue weighted by Gasteiger charge is -2.04. The van der Waals surface area contributed by atoms with E-state index < -0.39 is 0 Å². The van der Waals surface area contributed by atoms with Gasteiger partial charge in [-0.05, 0) is 17.7 Å². The molecule has 0 unspecified atom stereocenters. The topological polar surface area (TPSA) is 68.0 Å². The number of carbonyl (C=O) groups excluding carboxylic acids is 1. The second kappa shape index (κ2) is 3.72. The number of fused-ring (bicyclic) bond motifs is 1. The minimum absolute atomic E-state index is 0.0307. The van der Waals surface area contributed by atoms with Crippen LogP contribution in [0.15, 0.2) is 17.5 Å². The zero-order valence-electron chi connectivity index (χ0n) is 8.66. The first-order valence-electron chi connectivity index (χ1n) is 4.97. The van der Waals surface area contributed by atoms with Gasteiger partial charge in [0.05, 0.1) is 22.8 Å². The first-order chi connectivity index (χ1) is 8.13. The summed E-state index contributed by atoms with van der Waals surface area (Å²) >= 11 is 7.51. The molecule has 1 aliphatic heterocycles. The number of halogens is 1. The van der Waals surface area contributed by atoms with E-state index in [1.807, 2.05) is 11.4 Å². The molecule has 0 atom stereocenters. The molecule has 0 fully saturated rings. The third-order valence-electron chi connectivity index (χ3n) is 2.61. The number of nitrogen functional groups attached to an aromatic ring is 1. The highest BCUT2D eigenvalue weighted by Crippen LogP contribution is 2.36. The van der Waals surface area contributed by atoms with E-state index in [1.54, 1.807) is 6.07 Å². The van der Waals surface area contributed by atoms with Gasteiger partial charge in [0.25, 0.3) is 0 Å². The maximum atomic E-state index is 11.3. The van der Waals surface area contributed by atoms with Crippen LogP contribution in [0.3, 0.4) is 0 Å². The summed E-state index contributed by atoms with van der Waals surface area (Å²) in [6.45, 7) is 0. The van der Waals surface area contributed by atoms with Gasteiger partial charge < -0.3 is 11.1 Å². The molecule has 1 aliphatic rings. The summed E-state index contributed by atoms with van der Waals surface area (Å²) in [4.78, 5) is 15.5. The minimum atomic E-state index is -0.0307. The number of nitrogens with two attached hydrogens (primary N) is 1. The lowest BCUT2D eigenvalue weighted by Crippen LogP contribution is -2.03. The maximum absolute atomic E-state index is 11.3. The molecule has 86 valence electrons. The lowest BCUT2D eigenvalue weighted by atomic mass is 10.1. The van der Waals surface area contributed by atoms with Crippen molar-refractivity contribution >= 4 is 39.7 Å². The molecule has 0 saturated heterocycles. The van der Waals surface area contributed by atoms with Crippen LogP contribution in [-0.2, 0) is 11.2 Å². The molecule has 3 N–H and O–H groups in total. The number of hydrogen-bond donors (Lipinski definition) is 2. The Morgan fingerprint density at radius 3 is 3.00 bits per heavy atom. The van der Waals surface area contributed by atoms with Crippen molar-refractivity contribution in [2.45, 2.75) is 6.42 Å². The lowest BCUT2D eigenvalue weighted by molar-refractivity contribution is -0.115. The van der Waals surface area contributed by atoms with Crippen LogP contribution in [0.2, 0.25) is 5.02 Å². The Bertz CT molecular complexity index is 623. The van der Waals surface area contributed by atoms with Crippen molar-refractivity contribution in [1.82, 2.24) is 4.98 Å². The molecule has 0 radical (unpaired) electrons. The number of carbonyl (C=O) groups is 1. The van der Waals surface area contributed by atoms with Crippen molar-refractivity contribution in [2.75, 3.05) is 11.1 Å². The molecule has 0 bridgehead atoms. The predicted molar refractivity (Wildman–Crippen MR) is 69.3 cm³/mol. The summed E-state index contributed by atoms with van der Waals surface area (Å²) in [5.41, 5.74) is 8.89. The summed E-state index contributed by atoms with van der Waals surface area (Å²) < 4.78 is 0. The average molecular weight is 266 g/mol. The molecule has 4 nitrogen and oxygen atoms in total. The van der Waals surface area contributed by atoms with Crippen LogP contribution in [0.4, 0.5) is 10.8 Å². The molecule has 0 aliphatic carbocycles. The maximum Gasteiger partial charge on any atom is 0.228 e. The van der Waals surface area contributed by atoms with E-state index in [2.05, 4.69) is 10.3 Å². The van der Waals surface area contributed by atoms with Gasteiger partial charge in [-0.1, -0.05) is 11.6 Å². The second-order valence-electron chi connectivity index (χ2n) is 3.79. The highest BCUT2D eigenvalue weighted by atomic mass is 35.5.